The zero-order chi connectivity index (χ0) is 26.8. The molecule has 3 N–H and O–H groups in total. The van der Waals surface area contributed by atoms with Crippen LogP contribution in [0, 0.1) is 3.57 Å². The lowest BCUT2D eigenvalue weighted by Crippen LogP contribution is -2.32. The van der Waals surface area contributed by atoms with E-state index >= 15 is 0 Å². The van der Waals surface area contributed by atoms with E-state index in [1.54, 1.807) is 48.5 Å². The van der Waals surface area contributed by atoms with Gasteiger partial charge >= 0.3 is 11.8 Å². The molecule has 3 amide bonds. The molecule has 0 radical (unpaired) electrons. The number of nitrogens with one attached hydrogen (secondary N) is 3. The summed E-state index contributed by atoms with van der Waals surface area (Å²) in [5.74, 6) is -1.40. The minimum Gasteiger partial charge on any atom is -0.493 e. The van der Waals surface area contributed by atoms with Crippen molar-refractivity contribution in [3.05, 3.63) is 80.4 Å². The van der Waals surface area contributed by atoms with Crippen LogP contribution in [0.15, 0.2) is 65.8 Å². The third kappa shape index (κ3) is 7.92. The summed E-state index contributed by atoms with van der Waals surface area (Å²) in [7, 11) is 1.46. The van der Waals surface area contributed by atoms with Crippen LogP contribution in [0.3, 0.4) is 0 Å². The second-order valence-corrected chi connectivity index (χ2v) is 9.08. The number of hydrogen-bond acceptors (Lipinski definition) is 6. The highest BCUT2D eigenvalue weighted by Crippen LogP contribution is 2.33. The van der Waals surface area contributed by atoms with E-state index in [0.29, 0.717) is 43.5 Å². The van der Waals surface area contributed by atoms with Gasteiger partial charge in [-0.3, -0.25) is 14.4 Å². The number of para-hydroxylation sites is 2. The van der Waals surface area contributed by atoms with Crippen molar-refractivity contribution in [2.75, 3.05) is 24.4 Å². The molecular formula is C26H24ClIN4O5. The molecule has 0 saturated carbocycles. The molecule has 0 aliphatic carbocycles. The molecule has 37 heavy (non-hydrogen) atoms. The molecule has 3 rings (SSSR count). The lowest BCUT2D eigenvalue weighted by Gasteiger charge is -2.14. The average Bonchev–Trinajstić information content (AvgIpc) is 2.89. The molecule has 0 aliphatic rings. The van der Waals surface area contributed by atoms with Crippen molar-refractivity contribution in [3.8, 4) is 11.5 Å². The number of nitrogens with zero attached hydrogens (tertiary/aromatic N) is 1. The predicted molar refractivity (Wildman–Crippen MR) is 151 cm³/mol. The first-order chi connectivity index (χ1) is 17.8. The standard InChI is InChI=1S/C26H24ClIN4O5/c1-3-17-8-4-6-10-20(17)31-25(34)26(35)32-29-14-16-12-19(28)24(22(13-16)36-2)37-15-23(33)30-21-11-7-5-9-18(21)27/h4-14H,3,15H2,1-2H3,(H,30,33)(H,31,34)(H,32,35)/b29-14-. The zero-order valence-corrected chi connectivity index (χ0v) is 22.9. The predicted octanol–water partition coefficient (Wildman–Crippen LogP) is 4.62. The second-order valence-electron chi connectivity index (χ2n) is 7.51. The van der Waals surface area contributed by atoms with Gasteiger partial charge in [0.25, 0.3) is 5.91 Å². The van der Waals surface area contributed by atoms with Crippen LogP contribution < -0.4 is 25.5 Å². The highest BCUT2D eigenvalue weighted by molar-refractivity contribution is 14.1. The maximum atomic E-state index is 12.3. The van der Waals surface area contributed by atoms with Crippen molar-refractivity contribution in [2.45, 2.75) is 13.3 Å². The fraction of sp³-hybridized carbons (Fsp3) is 0.154. The maximum Gasteiger partial charge on any atom is 0.329 e. The van der Waals surface area contributed by atoms with Crippen LogP contribution in [0.4, 0.5) is 11.4 Å². The molecule has 11 heteroatoms. The van der Waals surface area contributed by atoms with Gasteiger partial charge in [-0.15, -0.1) is 0 Å². The number of methoxy groups -OCH3 is 1. The fourth-order valence-electron chi connectivity index (χ4n) is 3.19. The molecule has 0 unspecified atom stereocenters. The van der Waals surface area contributed by atoms with Crippen LogP contribution >= 0.6 is 34.2 Å². The fourth-order valence-corrected chi connectivity index (χ4v) is 4.15. The Morgan fingerprint density at radius 2 is 1.70 bits per heavy atom. The quantitative estimate of drug-likeness (QED) is 0.137. The molecule has 0 aromatic heterocycles. The SMILES string of the molecule is CCc1ccccc1NC(=O)C(=O)N/N=C\c1cc(I)c(OCC(=O)Nc2ccccc2Cl)c(OC)c1. The number of rotatable bonds is 9. The summed E-state index contributed by atoms with van der Waals surface area (Å²) in [6, 6.07) is 17.5. The summed E-state index contributed by atoms with van der Waals surface area (Å²) in [6.45, 7) is 1.69. The molecule has 0 saturated heterocycles. The zero-order valence-electron chi connectivity index (χ0n) is 20.0. The van der Waals surface area contributed by atoms with Gasteiger partial charge in [0, 0.05) is 5.69 Å². The maximum absolute atomic E-state index is 12.3. The molecule has 0 fully saturated rings. The largest absolute Gasteiger partial charge is 0.493 e. The van der Waals surface area contributed by atoms with Gasteiger partial charge in [-0.25, -0.2) is 5.43 Å². The Morgan fingerprint density at radius 1 is 1.00 bits per heavy atom. The lowest BCUT2D eigenvalue weighted by atomic mass is 10.1. The van der Waals surface area contributed by atoms with E-state index in [1.165, 1.54) is 13.3 Å². The average molecular weight is 635 g/mol. The molecule has 0 atom stereocenters. The Morgan fingerprint density at radius 3 is 2.41 bits per heavy atom. The van der Waals surface area contributed by atoms with Gasteiger partial charge in [0.15, 0.2) is 18.1 Å². The van der Waals surface area contributed by atoms with Crippen molar-refractivity contribution in [1.29, 1.82) is 0 Å². The Labute approximate surface area is 232 Å². The molecule has 192 valence electrons. The number of aryl methyl sites for hydroxylation is 1. The van der Waals surface area contributed by atoms with Crippen LogP contribution in [-0.2, 0) is 20.8 Å². The Hall–Kier alpha value is -3.64. The second kappa shape index (κ2) is 13.6. The van der Waals surface area contributed by atoms with E-state index in [4.69, 9.17) is 21.1 Å². The van der Waals surface area contributed by atoms with Crippen molar-refractivity contribution in [2.24, 2.45) is 5.10 Å². The molecule has 0 spiro atoms. The van der Waals surface area contributed by atoms with Crippen molar-refractivity contribution in [1.82, 2.24) is 5.43 Å². The van der Waals surface area contributed by atoms with Gasteiger partial charge in [0.1, 0.15) is 0 Å². The topological polar surface area (TPSA) is 118 Å². The highest BCUT2D eigenvalue weighted by Gasteiger charge is 2.16. The number of hydrazone groups is 1. The number of benzene rings is 3. The van der Waals surface area contributed by atoms with Crippen LogP contribution in [0.1, 0.15) is 18.1 Å². The smallest absolute Gasteiger partial charge is 0.329 e. The Kier molecular flexibility index (Phi) is 10.3. The molecule has 0 aliphatic heterocycles. The summed E-state index contributed by atoms with van der Waals surface area (Å²) in [4.78, 5) is 36.7. The normalized spacial score (nSPS) is 10.6. The molecule has 0 bridgehead atoms. The molecule has 3 aromatic rings. The van der Waals surface area contributed by atoms with Gasteiger partial charge in [-0.05, 0) is 70.5 Å². The molecule has 9 nitrogen and oxygen atoms in total. The van der Waals surface area contributed by atoms with Crippen LogP contribution in [-0.4, -0.2) is 37.7 Å². The number of amides is 3. The Balaban J connectivity index is 1.59. The Bertz CT molecular complexity index is 1330. The van der Waals surface area contributed by atoms with E-state index in [-0.39, 0.29) is 12.5 Å². The van der Waals surface area contributed by atoms with Crippen molar-refractivity contribution >= 4 is 69.5 Å². The van der Waals surface area contributed by atoms with E-state index in [1.807, 2.05) is 41.6 Å². The number of ether oxygens (including phenoxy) is 2. The van der Waals surface area contributed by atoms with Gasteiger partial charge in [0.05, 0.1) is 27.6 Å². The van der Waals surface area contributed by atoms with Crippen molar-refractivity contribution < 1.29 is 23.9 Å². The van der Waals surface area contributed by atoms with Crippen LogP contribution in [0.2, 0.25) is 5.02 Å². The first-order valence-corrected chi connectivity index (χ1v) is 12.5. The van der Waals surface area contributed by atoms with Crippen LogP contribution in [0.5, 0.6) is 11.5 Å². The molecule has 0 heterocycles. The van der Waals surface area contributed by atoms with Gasteiger partial charge in [-0.2, -0.15) is 5.10 Å². The first-order valence-electron chi connectivity index (χ1n) is 11.1. The van der Waals surface area contributed by atoms with Gasteiger partial charge in [0.2, 0.25) is 0 Å². The number of anilines is 2. The minimum absolute atomic E-state index is 0.267. The summed E-state index contributed by atoms with van der Waals surface area (Å²) in [5.41, 5.74) is 4.75. The van der Waals surface area contributed by atoms with Gasteiger partial charge < -0.3 is 20.1 Å². The first kappa shape index (κ1) is 27.9. The van der Waals surface area contributed by atoms with Crippen molar-refractivity contribution in [3.63, 3.8) is 0 Å². The minimum atomic E-state index is -0.909. The van der Waals surface area contributed by atoms with Gasteiger partial charge in [-0.1, -0.05) is 48.9 Å². The third-order valence-electron chi connectivity index (χ3n) is 4.98. The number of carbonyl (C=O) groups excluding carboxylic acids is 3. The summed E-state index contributed by atoms with van der Waals surface area (Å²) in [5, 5.41) is 9.55. The molecule has 3 aromatic carbocycles. The van der Waals surface area contributed by atoms with E-state index in [9.17, 15) is 14.4 Å². The van der Waals surface area contributed by atoms with Crippen LogP contribution in [0.25, 0.3) is 0 Å². The van der Waals surface area contributed by atoms with E-state index < -0.39 is 11.8 Å². The number of hydrogen-bond donors (Lipinski definition) is 3. The van der Waals surface area contributed by atoms with E-state index in [0.717, 1.165) is 5.56 Å². The summed E-state index contributed by atoms with van der Waals surface area (Å²) < 4.78 is 11.7. The monoisotopic (exact) mass is 634 g/mol. The molecular weight excluding hydrogens is 611 g/mol. The highest BCUT2D eigenvalue weighted by atomic mass is 127. The summed E-state index contributed by atoms with van der Waals surface area (Å²) in [6.07, 6.45) is 2.08. The lowest BCUT2D eigenvalue weighted by molar-refractivity contribution is -0.136. The number of carbonyl (C=O) groups is 3. The van der Waals surface area contributed by atoms with E-state index in [2.05, 4.69) is 21.2 Å². The third-order valence-corrected chi connectivity index (χ3v) is 6.11. The number of halogens is 2. The summed E-state index contributed by atoms with van der Waals surface area (Å²) >= 11 is 8.10.